The van der Waals surface area contributed by atoms with Crippen LogP contribution in [0.15, 0.2) is 12.4 Å². The Labute approximate surface area is 94.7 Å². The fourth-order valence-electron chi connectivity index (χ4n) is 2.35. The number of carbonyl (C=O) groups is 1. The third kappa shape index (κ3) is 2.09. The second kappa shape index (κ2) is 4.25. The minimum atomic E-state index is -0.679. The van der Waals surface area contributed by atoms with Crippen LogP contribution in [-0.2, 0) is 18.4 Å². The van der Waals surface area contributed by atoms with Gasteiger partial charge in [-0.25, -0.2) is 0 Å². The van der Waals surface area contributed by atoms with Crippen molar-refractivity contribution in [1.82, 2.24) is 14.7 Å². The van der Waals surface area contributed by atoms with E-state index in [-0.39, 0.29) is 12.0 Å². The van der Waals surface area contributed by atoms with Crippen LogP contribution in [0.1, 0.15) is 18.9 Å². The summed E-state index contributed by atoms with van der Waals surface area (Å²) in [4.78, 5) is 13.2. The maximum absolute atomic E-state index is 11.0. The van der Waals surface area contributed by atoms with Crippen LogP contribution in [0.25, 0.3) is 0 Å². The highest BCUT2D eigenvalue weighted by Crippen LogP contribution is 2.25. The van der Waals surface area contributed by atoms with Crippen molar-refractivity contribution in [3.63, 3.8) is 0 Å². The Kier molecular flexibility index (Phi) is 2.96. The maximum atomic E-state index is 11.0. The highest BCUT2D eigenvalue weighted by molar-refractivity contribution is 5.71. The molecule has 0 saturated carbocycles. The average Bonchev–Trinajstić information content (AvgIpc) is 2.76. The smallest absolute Gasteiger partial charge is 0.308 e. The molecule has 2 rings (SSSR count). The van der Waals surface area contributed by atoms with Gasteiger partial charge in [-0.3, -0.25) is 14.4 Å². The molecular formula is C11H17N3O2. The number of aliphatic carboxylic acids is 1. The zero-order valence-electron chi connectivity index (χ0n) is 9.63. The van der Waals surface area contributed by atoms with Crippen molar-refractivity contribution in [1.29, 1.82) is 0 Å². The van der Waals surface area contributed by atoms with Gasteiger partial charge in [0.05, 0.1) is 12.1 Å². The highest BCUT2D eigenvalue weighted by Gasteiger charge is 2.35. The minimum Gasteiger partial charge on any atom is -0.481 e. The zero-order chi connectivity index (χ0) is 11.7. The van der Waals surface area contributed by atoms with E-state index in [9.17, 15) is 4.79 Å². The van der Waals surface area contributed by atoms with Crippen molar-refractivity contribution in [2.24, 2.45) is 13.0 Å². The quantitative estimate of drug-likeness (QED) is 0.820. The predicted molar refractivity (Wildman–Crippen MR) is 58.8 cm³/mol. The van der Waals surface area contributed by atoms with Crippen molar-refractivity contribution in [3.8, 4) is 0 Å². The lowest BCUT2D eigenvalue weighted by Crippen LogP contribution is -2.32. The van der Waals surface area contributed by atoms with Crippen LogP contribution >= 0.6 is 0 Å². The van der Waals surface area contributed by atoms with Crippen LogP contribution in [0.3, 0.4) is 0 Å². The van der Waals surface area contributed by atoms with E-state index in [1.807, 2.05) is 26.4 Å². The van der Waals surface area contributed by atoms with Crippen LogP contribution in [-0.4, -0.2) is 38.3 Å². The van der Waals surface area contributed by atoms with Crippen molar-refractivity contribution in [3.05, 3.63) is 18.0 Å². The van der Waals surface area contributed by atoms with Gasteiger partial charge in [-0.15, -0.1) is 0 Å². The van der Waals surface area contributed by atoms with E-state index in [1.54, 1.807) is 4.68 Å². The van der Waals surface area contributed by atoms with Crippen LogP contribution < -0.4 is 0 Å². The largest absolute Gasteiger partial charge is 0.481 e. The molecular weight excluding hydrogens is 206 g/mol. The van der Waals surface area contributed by atoms with Gasteiger partial charge < -0.3 is 5.11 Å². The molecule has 1 saturated heterocycles. The lowest BCUT2D eigenvalue weighted by atomic mass is 10.0. The van der Waals surface area contributed by atoms with E-state index in [0.717, 1.165) is 25.1 Å². The average molecular weight is 223 g/mol. The van der Waals surface area contributed by atoms with Gasteiger partial charge in [-0.2, -0.15) is 5.10 Å². The molecule has 0 radical (unpaired) electrons. The first-order chi connectivity index (χ1) is 7.58. The third-order valence-corrected chi connectivity index (χ3v) is 3.35. The van der Waals surface area contributed by atoms with Gasteiger partial charge >= 0.3 is 5.97 Å². The number of aromatic nitrogens is 2. The Morgan fingerprint density at radius 3 is 2.94 bits per heavy atom. The number of carboxylic acid groups (broad SMARTS) is 1. The van der Waals surface area contributed by atoms with Crippen LogP contribution in [0.2, 0.25) is 0 Å². The first-order valence-corrected chi connectivity index (χ1v) is 5.52. The molecule has 2 atom stereocenters. The standard InChI is InChI=1S/C11H17N3O2/c1-8-10(11(15)16)3-4-14(8)7-9-5-12-13(2)6-9/h5-6,8,10H,3-4,7H2,1-2H3,(H,15,16). The topological polar surface area (TPSA) is 58.4 Å². The van der Waals surface area contributed by atoms with E-state index in [2.05, 4.69) is 10.00 Å². The summed E-state index contributed by atoms with van der Waals surface area (Å²) in [6.45, 7) is 3.63. The number of hydrogen-bond acceptors (Lipinski definition) is 3. The summed E-state index contributed by atoms with van der Waals surface area (Å²) in [5.41, 5.74) is 1.14. The molecule has 1 aliphatic rings. The SMILES string of the molecule is CC1C(C(=O)O)CCN1Cc1cnn(C)c1. The summed E-state index contributed by atoms with van der Waals surface area (Å²) in [5, 5.41) is 13.1. The van der Waals surface area contributed by atoms with Crippen LogP contribution in [0, 0.1) is 5.92 Å². The number of aryl methyl sites for hydroxylation is 1. The third-order valence-electron chi connectivity index (χ3n) is 3.35. The number of hydrogen-bond donors (Lipinski definition) is 1. The van der Waals surface area contributed by atoms with Gasteiger partial charge in [0.15, 0.2) is 0 Å². The zero-order valence-corrected chi connectivity index (χ0v) is 9.63. The Morgan fingerprint density at radius 2 is 2.44 bits per heavy atom. The molecule has 5 nitrogen and oxygen atoms in total. The molecule has 0 aromatic carbocycles. The fraction of sp³-hybridized carbons (Fsp3) is 0.636. The second-order valence-electron chi connectivity index (χ2n) is 4.47. The van der Waals surface area contributed by atoms with Crippen LogP contribution in [0.4, 0.5) is 0 Å². The van der Waals surface area contributed by atoms with Crippen LogP contribution in [0.5, 0.6) is 0 Å². The fourth-order valence-corrected chi connectivity index (χ4v) is 2.35. The highest BCUT2D eigenvalue weighted by atomic mass is 16.4. The van der Waals surface area contributed by atoms with E-state index in [4.69, 9.17) is 5.11 Å². The monoisotopic (exact) mass is 223 g/mol. The van der Waals surface area contributed by atoms with Gasteiger partial charge in [-0.05, 0) is 19.9 Å². The number of likely N-dealkylation sites (tertiary alicyclic amines) is 1. The normalized spacial score (nSPS) is 26.1. The van der Waals surface area contributed by atoms with Gasteiger partial charge in [0.2, 0.25) is 0 Å². The first kappa shape index (κ1) is 11.1. The Morgan fingerprint density at radius 1 is 1.69 bits per heavy atom. The summed E-state index contributed by atoms with van der Waals surface area (Å²) < 4.78 is 1.77. The van der Waals surface area contributed by atoms with Gasteiger partial charge in [-0.1, -0.05) is 0 Å². The molecule has 1 aromatic rings. The molecule has 16 heavy (non-hydrogen) atoms. The molecule has 2 unspecified atom stereocenters. The lowest BCUT2D eigenvalue weighted by molar-refractivity contribution is -0.142. The van der Waals surface area contributed by atoms with Crippen molar-refractivity contribution in [2.45, 2.75) is 25.9 Å². The van der Waals surface area contributed by atoms with E-state index in [1.165, 1.54) is 0 Å². The van der Waals surface area contributed by atoms with E-state index >= 15 is 0 Å². The Bertz CT molecular complexity index is 388. The summed E-state index contributed by atoms with van der Waals surface area (Å²) in [5.74, 6) is -0.905. The summed E-state index contributed by atoms with van der Waals surface area (Å²) in [6, 6.07) is 0.109. The number of rotatable bonds is 3. The maximum Gasteiger partial charge on any atom is 0.308 e. The van der Waals surface area contributed by atoms with E-state index in [0.29, 0.717) is 0 Å². The van der Waals surface area contributed by atoms with Crippen molar-refractivity contribution in [2.75, 3.05) is 6.54 Å². The molecule has 88 valence electrons. The Balaban J connectivity index is 2.00. The molecule has 0 spiro atoms. The molecule has 0 bridgehead atoms. The molecule has 1 N–H and O–H groups in total. The molecule has 5 heteroatoms. The number of carboxylic acids is 1. The number of nitrogens with zero attached hydrogens (tertiary/aromatic N) is 3. The first-order valence-electron chi connectivity index (χ1n) is 5.52. The van der Waals surface area contributed by atoms with Gasteiger partial charge in [0, 0.05) is 31.4 Å². The second-order valence-corrected chi connectivity index (χ2v) is 4.47. The van der Waals surface area contributed by atoms with E-state index < -0.39 is 5.97 Å². The molecule has 1 fully saturated rings. The molecule has 2 heterocycles. The molecule has 1 aromatic heterocycles. The summed E-state index contributed by atoms with van der Waals surface area (Å²) in [7, 11) is 1.89. The molecule has 0 aliphatic carbocycles. The predicted octanol–water partition coefficient (Wildman–Crippen LogP) is 0.715. The lowest BCUT2D eigenvalue weighted by Gasteiger charge is -2.22. The molecule has 0 amide bonds. The van der Waals surface area contributed by atoms with Gasteiger partial charge in [0.25, 0.3) is 0 Å². The van der Waals surface area contributed by atoms with Gasteiger partial charge in [0.1, 0.15) is 0 Å². The summed E-state index contributed by atoms with van der Waals surface area (Å²) >= 11 is 0. The summed E-state index contributed by atoms with van der Waals surface area (Å²) in [6.07, 6.45) is 4.55. The Hall–Kier alpha value is -1.36. The van der Waals surface area contributed by atoms with Crippen molar-refractivity contribution < 1.29 is 9.90 Å². The van der Waals surface area contributed by atoms with Crippen molar-refractivity contribution >= 4 is 5.97 Å². The minimum absolute atomic E-state index is 0.109. The molecule has 1 aliphatic heterocycles.